The van der Waals surface area contributed by atoms with Gasteiger partial charge in [0, 0.05) is 6.04 Å². The lowest BCUT2D eigenvalue weighted by Crippen LogP contribution is -2.21. The average molecular weight is 224 g/mol. The zero-order valence-corrected chi connectivity index (χ0v) is 10.1. The van der Waals surface area contributed by atoms with Crippen molar-refractivity contribution >= 4 is 11.5 Å². The molecule has 0 radical (unpaired) electrons. The van der Waals surface area contributed by atoms with Gasteiger partial charge in [-0.2, -0.15) is 0 Å². The van der Waals surface area contributed by atoms with E-state index in [1.165, 1.54) is 6.33 Å². The monoisotopic (exact) mass is 224 g/mol. The zero-order chi connectivity index (χ0) is 12.1. The fraction of sp³-hybridized carbons (Fsp3) is 0.636. The van der Waals surface area contributed by atoms with Crippen LogP contribution < -0.4 is 16.6 Å². The number of anilines is 2. The summed E-state index contributed by atoms with van der Waals surface area (Å²) >= 11 is 0. The Bertz CT molecular complexity index is 386. The first-order valence-electron chi connectivity index (χ1n) is 5.60. The van der Waals surface area contributed by atoms with Gasteiger partial charge in [-0.15, -0.1) is 0 Å². The van der Waals surface area contributed by atoms with Crippen LogP contribution in [-0.2, 0) is 0 Å². The number of rotatable bonds is 5. The average Bonchev–Trinajstić information content (AvgIpc) is 2.22. The van der Waals surface area contributed by atoms with Crippen LogP contribution in [0.25, 0.3) is 0 Å². The van der Waals surface area contributed by atoms with E-state index < -0.39 is 0 Å². The number of H-pyrrole nitrogens is 1. The first-order chi connectivity index (χ1) is 7.50. The maximum Gasteiger partial charge on any atom is 0.276 e. The van der Waals surface area contributed by atoms with Crippen LogP contribution in [0, 0.1) is 5.92 Å². The summed E-state index contributed by atoms with van der Waals surface area (Å²) in [6, 6.07) is 0.263. The van der Waals surface area contributed by atoms with Crippen molar-refractivity contribution in [3.8, 4) is 0 Å². The summed E-state index contributed by atoms with van der Waals surface area (Å²) in [6.45, 7) is 6.43. The Morgan fingerprint density at radius 1 is 1.44 bits per heavy atom. The van der Waals surface area contributed by atoms with Gasteiger partial charge in [0.05, 0.1) is 6.33 Å². The quantitative estimate of drug-likeness (QED) is 0.709. The molecule has 0 aliphatic heterocycles. The van der Waals surface area contributed by atoms with Crippen molar-refractivity contribution in [2.75, 3.05) is 11.1 Å². The highest BCUT2D eigenvalue weighted by Crippen LogP contribution is 2.13. The Morgan fingerprint density at radius 2 is 2.12 bits per heavy atom. The number of nitrogens with one attached hydrogen (secondary N) is 2. The smallest absolute Gasteiger partial charge is 0.276 e. The fourth-order valence-corrected chi connectivity index (χ4v) is 1.41. The highest BCUT2D eigenvalue weighted by molar-refractivity contribution is 5.59. The maximum absolute atomic E-state index is 11.2. The van der Waals surface area contributed by atoms with E-state index in [-0.39, 0.29) is 17.3 Å². The minimum Gasteiger partial charge on any atom is -0.391 e. The third kappa shape index (κ3) is 3.56. The van der Waals surface area contributed by atoms with Crippen LogP contribution >= 0.6 is 0 Å². The van der Waals surface area contributed by atoms with Gasteiger partial charge in [-0.05, 0) is 25.7 Å². The lowest BCUT2D eigenvalue weighted by Gasteiger charge is -2.16. The predicted octanol–water partition coefficient (Wildman–Crippen LogP) is 1.59. The normalized spacial score (nSPS) is 12.8. The summed E-state index contributed by atoms with van der Waals surface area (Å²) in [5.74, 6) is 1.15. The Balaban J connectivity index is 2.59. The van der Waals surface area contributed by atoms with E-state index in [0.29, 0.717) is 11.7 Å². The Kier molecular flexibility index (Phi) is 4.34. The minimum absolute atomic E-state index is 0.152. The summed E-state index contributed by atoms with van der Waals surface area (Å²) in [7, 11) is 0. The molecule has 90 valence electrons. The van der Waals surface area contributed by atoms with Gasteiger partial charge in [-0.1, -0.05) is 13.8 Å². The second-order valence-electron chi connectivity index (χ2n) is 4.51. The standard InChI is InChI=1S/C11H20N4O/c1-7(2)4-5-8(3)15-10-9(12)11(16)14-6-13-10/h6-8H,4-5,12H2,1-3H3,(H2,13,14,15,16). The van der Waals surface area contributed by atoms with E-state index in [2.05, 4.69) is 36.1 Å². The van der Waals surface area contributed by atoms with Crippen molar-refractivity contribution in [1.29, 1.82) is 0 Å². The van der Waals surface area contributed by atoms with Gasteiger partial charge in [0.25, 0.3) is 5.56 Å². The molecule has 5 heteroatoms. The molecule has 0 bridgehead atoms. The van der Waals surface area contributed by atoms with Crippen molar-refractivity contribution in [2.45, 2.75) is 39.7 Å². The number of nitrogens with zero attached hydrogens (tertiary/aromatic N) is 1. The second kappa shape index (κ2) is 5.53. The predicted molar refractivity (Wildman–Crippen MR) is 66.4 cm³/mol. The maximum atomic E-state index is 11.2. The molecule has 1 aromatic heterocycles. The Morgan fingerprint density at radius 3 is 2.75 bits per heavy atom. The van der Waals surface area contributed by atoms with Crippen LogP contribution in [0.5, 0.6) is 0 Å². The highest BCUT2D eigenvalue weighted by Gasteiger charge is 2.08. The largest absolute Gasteiger partial charge is 0.391 e. The molecule has 0 spiro atoms. The van der Waals surface area contributed by atoms with Crippen molar-refractivity contribution in [1.82, 2.24) is 9.97 Å². The summed E-state index contributed by atoms with van der Waals surface area (Å²) < 4.78 is 0. The van der Waals surface area contributed by atoms with E-state index >= 15 is 0 Å². The SMILES string of the molecule is CC(C)CCC(C)Nc1nc[nH]c(=O)c1N. The number of nitrogen functional groups attached to an aromatic ring is 1. The van der Waals surface area contributed by atoms with Crippen molar-refractivity contribution in [2.24, 2.45) is 5.92 Å². The van der Waals surface area contributed by atoms with Gasteiger partial charge in [-0.3, -0.25) is 4.79 Å². The molecule has 1 unspecified atom stereocenters. The van der Waals surface area contributed by atoms with Crippen LogP contribution in [-0.4, -0.2) is 16.0 Å². The summed E-state index contributed by atoms with van der Waals surface area (Å²) in [5, 5.41) is 3.15. The molecular weight excluding hydrogens is 204 g/mol. The van der Waals surface area contributed by atoms with Gasteiger partial charge in [-0.25, -0.2) is 4.98 Å². The van der Waals surface area contributed by atoms with E-state index in [0.717, 1.165) is 12.8 Å². The molecule has 16 heavy (non-hydrogen) atoms. The molecule has 0 aromatic carbocycles. The van der Waals surface area contributed by atoms with Crippen molar-refractivity contribution < 1.29 is 0 Å². The van der Waals surface area contributed by atoms with Gasteiger partial charge >= 0.3 is 0 Å². The fourth-order valence-electron chi connectivity index (χ4n) is 1.41. The molecule has 0 aliphatic rings. The van der Waals surface area contributed by atoms with Gasteiger partial charge in [0.1, 0.15) is 5.69 Å². The first kappa shape index (κ1) is 12.5. The van der Waals surface area contributed by atoms with E-state index in [4.69, 9.17) is 5.73 Å². The van der Waals surface area contributed by atoms with Gasteiger partial charge < -0.3 is 16.0 Å². The summed E-state index contributed by atoms with van der Waals surface area (Å²) in [6.07, 6.45) is 3.53. The van der Waals surface area contributed by atoms with Crippen molar-refractivity contribution in [3.05, 3.63) is 16.7 Å². The number of aromatic nitrogens is 2. The van der Waals surface area contributed by atoms with Gasteiger partial charge in [0.2, 0.25) is 0 Å². The Labute approximate surface area is 95.5 Å². The van der Waals surface area contributed by atoms with Crippen LogP contribution in [0.1, 0.15) is 33.6 Å². The first-order valence-corrected chi connectivity index (χ1v) is 5.60. The van der Waals surface area contributed by atoms with E-state index in [1.54, 1.807) is 0 Å². The molecule has 1 aromatic rings. The molecule has 5 nitrogen and oxygen atoms in total. The third-order valence-electron chi connectivity index (χ3n) is 2.45. The molecule has 0 fully saturated rings. The second-order valence-corrected chi connectivity index (χ2v) is 4.51. The van der Waals surface area contributed by atoms with Crippen LogP contribution in [0.3, 0.4) is 0 Å². The molecular formula is C11H20N4O. The molecule has 1 rings (SSSR count). The van der Waals surface area contributed by atoms with E-state index in [1.807, 2.05) is 0 Å². The molecule has 1 heterocycles. The van der Waals surface area contributed by atoms with Crippen molar-refractivity contribution in [3.63, 3.8) is 0 Å². The molecule has 0 aliphatic carbocycles. The summed E-state index contributed by atoms with van der Waals surface area (Å²) in [5.41, 5.74) is 5.47. The van der Waals surface area contributed by atoms with Crippen LogP contribution in [0.15, 0.2) is 11.1 Å². The third-order valence-corrected chi connectivity index (χ3v) is 2.45. The van der Waals surface area contributed by atoms with Crippen LogP contribution in [0.4, 0.5) is 11.5 Å². The number of hydrogen-bond donors (Lipinski definition) is 3. The lowest BCUT2D eigenvalue weighted by molar-refractivity contribution is 0.527. The summed E-state index contributed by atoms with van der Waals surface area (Å²) in [4.78, 5) is 17.7. The Hall–Kier alpha value is -1.52. The molecule has 0 saturated carbocycles. The highest BCUT2D eigenvalue weighted by atomic mass is 16.1. The lowest BCUT2D eigenvalue weighted by atomic mass is 10.0. The topological polar surface area (TPSA) is 83.8 Å². The number of aromatic amines is 1. The van der Waals surface area contributed by atoms with Crippen LogP contribution in [0.2, 0.25) is 0 Å². The molecule has 0 amide bonds. The minimum atomic E-state index is -0.298. The molecule has 1 atom stereocenters. The number of nitrogens with two attached hydrogens (primary N) is 1. The number of hydrogen-bond acceptors (Lipinski definition) is 4. The zero-order valence-electron chi connectivity index (χ0n) is 10.1. The van der Waals surface area contributed by atoms with E-state index in [9.17, 15) is 4.79 Å². The molecule has 0 saturated heterocycles. The van der Waals surface area contributed by atoms with Gasteiger partial charge in [0.15, 0.2) is 5.82 Å². The molecule has 4 N–H and O–H groups in total.